The fourth-order valence-electron chi connectivity index (χ4n) is 0.923. The Balaban J connectivity index is 3.33. The topological polar surface area (TPSA) is 54.4 Å². The molecule has 0 saturated heterocycles. The van der Waals surface area contributed by atoms with E-state index in [1.54, 1.807) is 0 Å². The van der Waals surface area contributed by atoms with E-state index in [4.69, 9.17) is 51.0 Å². The monoisotopic (exact) mass is 308 g/mol. The van der Waals surface area contributed by atoms with Crippen LogP contribution in [0.3, 0.4) is 0 Å². The summed E-state index contributed by atoms with van der Waals surface area (Å²) in [5.74, 6) is -0.664. The van der Waals surface area contributed by atoms with Gasteiger partial charge in [0, 0.05) is 0 Å². The molecule has 0 aromatic heterocycles. The second-order valence-electron chi connectivity index (χ2n) is 2.69. The number of benzene rings is 1. The third kappa shape index (κ3) is 3.37. The van der Waals surface area contributed by atoms with Gasteiger partial charge >= 0.3 is 0 Å². The minimum atomic E-state index is -4.19. The maximum atomic E-state index is 10.6. The van der Waals surface area contributed by atoms with Gasteiger partial charge in [0.05, 0.1) is 20.1 Å². The van der Waals surface area contributed by atoms with Gasteiger partial charge in [0.2, 0.25) is 0 Å². The number of rotatable bonds is 2. The summed E-state index contributed by atoms with van der Waals surface area (Å²) in [6.45, 7) is 0. The first-order valence-electron chi connectivity index (χ1n) is 3.49. The zero-order valence-corrected chi connectivity index (χ0v) is 10.8. The largest absolute Gasteiger partial charge is 0.285 e. The van der Waals surface area contributed by atoms with Crippen molar-refractivity contribution in [3.05, 3.63) is 31.7 Å². The molecule has 0 aliphatic carbocycles. The Bertz CT molecular complexity index is 497. The maximum absolute atomic E-state index is 10.6. The minimum absolute atomic E-state index is 0.0375. The summed E-state index contributed by atoms with van der Waals surface area (Å²) in [7, 11) is -4.19. The van der Waals surface area contributed by atoms with Gasteiger partial charge in [0.1, 0.15) is 5.75 Å². The molecular formula is C7H4Cl4O3S. The van der Waals surface area contributed by atoms with E-state index < -0.39 is 15.9 Å². The van der Waals surface area contributed by atoms with Gasteiger partial charge in [0.15, 0.2) is 0 Å². The molecule has 8 heteroatoms. The first-order chi connectivity index (χ1) is 6.72. The molecule has 0 fully saturated rings. The number of halogens is 4. The van der Waals surface area contributed by atoms with E-state index >= 15 is 0 Å². The van der Waals surface area contributed by atoms with E-state index in [2.05, 4.69) is 0 Å². The quantitative estimate of drug-likeness (QED) is 0.515. The lowest BCUT2D eigenvalue weighted by Gasteiger charge is -2.07. The summed E-state index contributed by atoms with van der Waals surface area (Å²) in [5.41, 5.74) is 0.0959. The number of hydrogen-bond donors (Lipinski definition) is 1. The molecule has 0 aliphatic rings. The lowest BCUT2D eigenvalue weighted by atomic mass is 10.2. The van der Waals surface area contributed by atoms with Crippen LogP contribution in [0.4, 0.5) is 0 Å². The van der Waals surface area contributed by atoms with Crippen molar-refractivity contribution in [2.45, 2.75) is 5.75 Å². The lowest BCUT2D eigenvalue weighted by molar-refractivity contribution is 0.482. The van der Waals surface area contributed by atoms with E-state index in [1.165, 1.54) is 6.07 Å². The Morgan fingerprint density at radius 1 is 1.07 bits per heavy atom. The first kappa shape index (κ1) is 13.4. The molecule has 0 heterocycles. The van der Waals surface area contributed by atoms with Crippen LogP contribution < -0.4 is 0 Å². The summed E-state index contributed by atoms with van der Waals surface area (Å²) < 4.78 is 29.9. The van der Waals surface area contributed by atoms with Crippen molar-refractivity contribution < 1.29 is 13.0 Å². The molecule has 84 valence electrons. The van der Waals surface area contributed by atoms with Crippen molar-refractivity contribution in [2.24, 2.45) is 0 Å². The van der Waals surface area contributed by atoms with Gasteiger partial charge in [-0.2, -0.15) is 8.42 Å². The van der Waals surface area contributed by atoms with Crippen molar-refractivity contribution >= 4 is 56.5 Å². The smallest absolute Gasteiger partial charge is 0.269 e. The van der Waals surface area contributed by atoms with Crippen molar-refractivity contribution in [1.82, 2.24) is 0 Å². The Morgan fingerprint density at radius 2 is 1.60 bits per heavy atom. The highest BCUT2D eigenvalue weighted by Crippen LogP contribution is 2.38. The Morgan fingerprint density at radius 3 is 2.07 bits per heavy atom. The highest BCUT2D eigenvalue weighted by molar-refractivity contribution is 7.85. The molecular weight excluding hydrogens is 306 g/mol. The molecule has 0 atom stereocenters. The summed E-state index contributed by atoms with van der Waals surface area (Å²) in [6.07, 6.45) is 0. The van der Waals surface area contributed by atoms with E-state index in [0.717, 1.165) is 0 Å². The van der Waals surface area contributed by atoms with Crippen LogP contribution in [0.15, 0.2) is 6.07 Å². The van der Waals surface area contributed by atoms with Crippen LogP contribution in [0.2, 0.25) is 20.1 Å². The molecule has 0 amide bonds. The standard InChI is InChI=1S/C7H4Cl4O3S/c8-4-1-3(2-15(12,13)14)5(9)7(11)6(4)10/h1H,2H2,(H,12,13,14). The van der Waals surface area contributed by atoms with E-state index in [9.17, 15) is 8.42 Å². The van der Waals surface area contributed by atoms with Crippen molar-refractivity contribution in [1.29, 1.82) is 0 Å². The molecule has 3 nitrogen and oxygen atoms in total. The fraction of sp³-hybridized carbons (Fsp3) is 0.143. The van der Waals surface area contributed by atoms with Gasteiger partial charge < -0.3 is 0 Å². The average Bonchev–Trinajstić information content (AvgIpc) is 2.08. The van der Waals surface area contributed by atoms with Gasteiger partial charge in [-0.1, -0.05) is 46.4 Å². The summed E-state index contributed by atoms with van der Waals surface area (Å²) in [6, 6.07) is 1.24. The van der Waals surface area contributed by atoms with Gasteiger partial charge in [0.25, 0.3) is 10.1 Å². The third-order valence-corrected chi connectivity index (χ3v) is 3.98. The molecule has 15 heavy (non-hydrogen) atoms. The average molecular weight is 310 g/mol. The van der Waals surface area contributed by atoms with Crippen molar-refractivity contribution in [3.8, 4) is 0 Å². The molecule has 1 N–H and O–H groups in total. The second kappa shape index (κ2) is 4.65. The molecule has 0 aliphatic heterocycles. The Labute approximate surface area is 107 Å². The zero-order valence-electron chi connectivity index (χ0n) is 6.97. The molecule has 0 unspecified atom stereocenters. The number of hydrogen-bond acceptors (Lipinski definition) is 2. The van der Waals surface area contributed by atoms with Gasteiger partial charge in [-0.3, -0.25) is 4.55 Å². The van der Waals surface area contributed by atoms with Gasteiger partial charge in [-0.25, -0.2) is 0 Å². The highest BCUT2D eigenvalue weighted by Gasteiger charge is 2.17. The fourth-order valence-corrected chi connectivity index (χ4v) is 2.53. The normalized spacial score (nSPS) is 11.8. The van der Waals surface area contributed by atoms with Crippen LogP contribution in [0, 0.1) is 0 Å². The van der Waals surface area contributed by atoms with Crippen molar-refractivity contribution in [2.75, 3.05) is 0 Å². The third-order valence-electron chi connectivity index (χ3n) is 1.52. The van der Waals surface area contributed by atoms with Crippen LogP contribution in [0.25, 0.3) is 0 Å². The lowest BCUT2D eigenvalue weighted by Crippen LogP contribution is -2.02. The van der Waals surface area contributed by atoms with Crippen LogP contribution in [0.1, 0.15) is 5.56 Å². The van der Waals surface area contributed by atoms with Crippen LogP contribution in [0.5, 0.6) is 0 Å². The van der Waals surface area contributed by atoms with E-state index in [1.807, 2.05) is 0 Å². The predicted molar refractivity (Wildman–Crippen MR) is 61.7 cm³/mol. The van der Waals surface area contributed by atoms with Gasteiger partial charge in [-0.05, 0) is 11.6 Å². The van der Waals surface area contributed by atoms with Gasteiger partial charge in [-0.15, -0.1) is 0 Å². The second-order valence-corrected chi connectivity index (χ2v) is 5.68. The summed E-state index contributed by atoms with van der Waals surface area (Å²) in [5, 5.41) is 0.0420. The highest BCUT2D eigenvalue weighted by atomic mass is 35.5. The molecule has 1 aromatic rings. The van der Waals surface area contributed by atoms with Crippen LogP contribution >= 0.6 is 46.4 Å². The zero-order chi connectivity index (χ0) is 11.8. The predicted octanol–water partition coefficient (Wildman–Crippen LogP) is 3.69. The molecule has 1 aromatic carbocycles. The molecule has 0 saturated carbocycles. The Kier molecular flexibility index (Phi) is 4.14. The molecule has 1 rings (SSSR count). The van der Waals surface area contributed by atoms with E-state index in [-0.39, 0.29) is 25.7 Å². The summed E-state index contributed by atoms with van der Waals surface area (Å²) >= 11 is 22.8. The minimum Gasteiger partial charge on any atom is -0.285 e. The maximum Gasteiger partial charge on any atom is 0.269 e. The summed E-state index contributed by atoms with van der Waals surface area (Å²) in [4.78, 5) is 0. The molecule has 0 radical (unpaired) electrons. The van der Waals surface area contributed by atoms with Crippen LogP contribution in [-0.2, 0) is 15.9 Å². The molecule has 0 spiro atoms. The Hall–Kier alpha value is 0.290. The van der Waals surface area contributed by atoms with Crippen molar-refractivity contribution in [3.63, 3.8) is 0 Å². The van der Waals surface area contributed by atoms with Crippen LogP contribution in [-0.4, -0.2) is 13.0 Å². The molecule has 0 bridgehead atoms. The first-order valence-corrected chi connectivity index (χ1v) is 6.61. The van der Waals surface area contributed by atoms with E-state index in [0.29, 0.717) is 0 Å². The SMILES string of the molecule is O=S(=O)(O)Cc1cc(Cl)c(Cl)c(Cl)c1Cl.